The van der Waals surface area contributed by atoms with Crippen molar-refractivity contribution < 1.29 is 4.42 Å². The number of hydrazine groups is 1. The summed E-state index contributed by atoms with van der Waals surface area (Å²) in [7, 11) is 0. The molecule has 102 valence electrons. The number of nitrogens with one attached hydrogen (secondary N) is 1. The number of fused-ring (bicyclic) bond motifs is 1. The van der Waals surface area contributed by atoms with Crippen molar-refractivity contribution in [3.8, 4) is 0 Å². The van der Waals surface area contributed by atoms with Gasteiger partial charge in [-0.25, -0.2) is 5.43 Å². The summed E-state index contributed by atoms with van der Waals surface area (Å²) in [5.41, 5.74) is 4.41. The van der Waals surface area contributed by atoms with E-state index in [0.717, 1.165) is 16.5 Å². The van der Waals surface area contributed by atoms with Gasteiger partial charge in [0.2, 0.25) is 0 Å². The molecule has 0 radical (unpaired) electrons. The number of halogens is 2. The van der Waals surface area contributed by atoms with E-state index in [2.05, 4.69) is 5.43 Å². The van der Waals surface area contributed by atoms with Crippen LogP contribution in [0.5, 0.6) is 0 Å². The molecule has 0 amide bonds. The van der Waals surface area contributed by atoms with Gasteiger partial charge in [0.15, 0.2) is 0 Å². The number of rotatable bonds is 3. The number of benzene rings is 2. The molecule has 3 nitrogen and oxygen atoms in total. The summed E-state index contributed by atoms with van der Waals surface area (Å²) in [6, 6.07) is 14.7. The maximum Gasteiger partial charge on any atom is 0.134 e. The van der Waals surface area contributed by atoms with Gasteiger partial charge in [-0.05, 0) is 35.9 Å². The first-order chi connectivity index (χ1) is 9.67. The fourth-order valence-electron chi connectivity index (χ4n) is 2.23. The molecule has 0 bridgehead atoms. The van der Waals surface area contributed by atoms with E-state index in [1.165, 1.54) is 0 Å². The molecule has 0 fully saturated rings. The van der Waals surface area contributed by atoms with Crippen molar-refractivity contribution in [2.75, 3.05) is 0 Å². The molecule has 0 saturated carbocycles. The highest BCUT2D eigenvalue weighted by molar-refractivity contribution is 6.34. The predicted molar refractivity (Wildman–Crippen MR) is 81.8 cm³/mol. The number of para-hydroxylation sites is 1. The quantitative estimate of drug-likeness (QED) is 0.560. The highest BCUT2D eigenvalue weighted by Crippen LogP contribution is 2.30. The third-order valence-corrected chi connectivity index (χ3v) is 3.55. The van der Waals surface area contributed by atoms with Crippen LogP contribution in [0.3, 0.4) is 0 Å². The van der Waals surface area contributed by atoms with E-state index >= 15 is 0 Å². The molecule has 1 aromatic heterocycles. The number of furan rings is 1. The van der Waals surface area contributed by atoms with Crippen LogP contribution in [0.4, 0.5) is 0 Å². The summed E-state index contributed by atoms with van der Waals surface area (Å²) < 4.78 is 5.83. The van der Waals surface area contributed by atoms with Crippen molar-refractivity contribution in [3.05, 3.63) is 69.9 Å². The normalized spacial score (nSPS) is 12.8. The lowest BCUT2D eigenvalue weighted by Gasteiger charge is -2.14. The third kappa shape index (κ3) is 2.53. The summed E-state index contributed by atoms with van der Waals surface area (Å²) in [5, 5.41) is 2.14. The van der Waals surface area contributed by atoms with E-state index in [0.29, 0.717) is 15.8 Å². The molecule has 0 saturated heterocycles. The number of nitrogens with two attached hydrogens (primary N) is 1. The molecular weight excluding hydrogens is 295 g/mol. The Morgan fingerprint density at radius 1 is 1.00 bits per heavy atom. The third-order valence-electron chi connectivity index (χ3n) is 3.11. The second-order valence-electron chi connectivity index (χ2n) is 4.49. The van der Waals surface area contributed by atoms with Crippen LogP contribution in [-0.2, 0) is 0 Å². The molecular formula is C15H12Cl2N2O. The predicted octanol–water partition coefficient (Wildman–Crippen LogP) is 4.29. The zero-order valence-electron chi connectivity index (χ0n) is 10.4. The molecule has 3 rings (SSSR count). The molecule has 1 atom stereocenters. The highest BCUT2D eigenvalue weighted by Gasteiger charge is 2.18. The van der Waals surface area contributed by atoms with Crippen molar-refractivity contribution in [1.82, 2.24) is 5.43 Å². The molecule has 3 N–H and O–H groups in total. The monoisotopic (exact) mass is 306 g/mol. The second kappa shape index (κ2) is 5.46. The SMILES string of the molecule is NNC(c1cc(Cl)cc(Cl)c1)c1cc2ccccc2o1. The fourth-order valence-corrected chi connectivity index (χ4v) is 2.77. The van der Waals surface area contributed by atoms with E-state index in [-0.39, 0.29) is 6.04 Å². The van der Waals surface area contributed by atoms with Crippen LogP contribution in [0, 0.1) is 0 Å². The molecule has 3 aromatic rings. The summed E-state index contributed by atoms with van der Waals surface area (Å²) in [6.45, 7) is 0. The first-order valence-corrected chi connectivity index (χ1v) is 6.83. The van der Waals surface area contributed by atoms with Crippen LogP contribution in [0.15, 0.2) is 52.9 Å². The van der Waals surface area contributed by atoms with Crippen molar-refractivity contribution in [2.45, 2.75) is 6.04 Å². The van der Waals surface area contributed by atoms with Gasteiger partial charge in [-0.1, -0.05) is 41.4 Å². The van der Waals surface area contributed by atoms with Crippen molar-refractivity contribution >= 4 is 34.2 Å². The molecule has 0 aliphatic heterocycles. The Hall–Kier alpha value is -1.52. The molecule has 1 unspecified atom stereocenters. The van der Waals surface area contributed by atoms with Gasteiger partial charge in [-0.3, -0.25) is 5.84 Å². The zero-order valence-corrected chi connectivity index (χ0v) is 11.9. The van der Waals surface area contributed by atoms with Gasteiger partial charge in [-0.2, -0.15) is 0 Å². The van der Waals surface area contributed by atoms with Crippen molar-refractivity contribution in [3.63, 3.8) is 0 Å². The van der Waals surface area contributed by atoms with E-state index in [4.69, 9.17) is 33.5 Å². The Morgan fingerprint density at radius 3 is 2.35 bits per heavy atom. The molecule has 5 heteroatoms. The first kappa shape index (κ1) is 13.5. The second-order valence-corrected chi connectivity index (χ2v) is 5.36. The van der Waals surface area contributed by atoms with Gasteiger partial charge in [0.25, 0.3) is 0 Å². The topological polar surface area (TPSA) is 51.2 Å². The van der Waals surface area contributed by atoms with Crippen LogP contribution in [0.25, 0.3) is 11.0 Å². The minimum atomic E-state index is -0.307. The highest BCUT2D eigenvalue weighted by atomic mass is 35.5. The summed E-state index contributed by atoms with van der Waals surface area (Å²) in [4.78, 5) is 0. The van der Waals surface area contributed by atoms with Crippen LogP contribution in [0.2, 0.25) is 10.0 Å². The van der Waals surface area contributed by atoms with E-state index < -0.39 is 0 Å². The maximum absolute atomic E-state index is 6.03. The van der Waals surface area contributed by atoms with Gasteiger partial charge in [0, 0.05) is 15.4 Å². The standard InChI is InChI=1S/C15H12Cl2N2O/c16-11-5-10(6-12(17)8-11)15(19-18)14-7-9-3-1-2-4-13(9)20-14/h1-8,15,19H,18H2. The van der Waals surface area contributed by atoms with Gasteiger partial charge in [0.1, 0.15) is 17.4 Å². The van der Waals surface area contributed by atoms with E-state index in [1.807, 2.05) is 42.5 Å². The van der Waals surface area contributed by atoms with Crippen LogP contribution in [-0.4, -0.2) is 0 Å². The molecule has 20 heavy (non-hydrogen) atoms. The van der Waals surface area contributed by atoms with Crippen LogP contribution < -0.4 is 11.3 Å². The van der Waals surface area contributed by atoms with Crippen LogP contribution >= 0.6 is 23.2 Å². The fraction of sp³-hybridized carbons (Fsp3) is 0.0667. The Balaban J connectivity index is 2.08. The average molecular weight is 307 g/mol. The van der Waals surface area contributed by atoms with Gasteiger partial charge >= 0.3 is 0 Å². The molecule has 0 aliphatic rings. The molecule has 1 heterocycles. The number of hydrogen-bond donors (Lipinski definition) is 2. The minimum Gasteiger partial charge on any atom is -0.459 e. The first-order valence-electron chi connectivity index (χ1n) is 6.08. The molecule has 0 aliphatic carbocycles. The lowest BCUT2D eigenvalue weighted by molar-refractivity contribution is 0.477. The van der Waals surface area contributed by atoms with Gasteiger partial charge < -0.3 is 4.42 Å². The average Bonchev–Trinajstić information content (AvgIpc) is 2.81. The van der Waals surface area contributed by atoms with E-state index in [1.54, 1.807) is 6.07 Å². The molecule has 0 spiro atoms. The zero-order chi connectivity index (χ0) is 14.1. The van der Waals surface area contributed by atoms with Crippen LogP contribution in [0.1, 0.15) is 17.4 Å². The van der Waals surface area contributed by atoms with Gasteiger partial charge in [0.05, 0.1) is 0 Å². The Bertz CT molecular complexity index is 701. The molecule has 2 aromatic carbocycles. The van der Waals surface area contributed by atoms with Crippen molar-refractivity contribution in [2.24, 2.45) is 5.84 Å². The summed E-state index contributed by atoms with van der Waals surface area (Å²) >= 11 is 12.1. The lowest BCUT2D eigenvalue weighted by Crippen LogP contribution is -2.28. The Morgan fingerprint density at radius 2 is 1.70 bits per heavy atom. The van der Waals surface area contributed by atoms with Crippen molar-refractivity contribution in [1.29, 1.82) is 0 Å². The Labute approximate surface area is 126 Å². The van der Waals surface area contributed by atoms with E-state index in [9.17, 15) is 0 Å². The Kier molecular flexibility index (Phi) is 3.68. The number of hydrogen-bond acceptors (Lipinski definition) is 3. The van der Waals surface area contributed by atoms with Gasteiger partial charge in [-0.15, -0.1) is 0 Å². The summed E-state index contributed by atoms with van der Waals surface area (Å²) in [5.74, 6) is 6.38. The summed E-state index contributed by atoms with van der Waals surface area (Å²) in [6.07, 6.45) is 0. The maximum atomic E-state index is 6.03. The lowest BCUT2D eigenvalue weighted by atomic mass is 10.0. The minimum absolute atomic E-state index is 0.307. The smallest absolute Gasteiger partial charge is 0.134 e. The largest absolute Gasteiger partial charge is 0.459 e.